The number of hydrogen-bond donors (Lipinski definition) is 1. The minimum Gasteiger partial charge on any atom is -0.486 e. The molecule has 8 heteroatoms. The first kappa shape index (κ1) is 13.6. The summed E-state index contributed by atoms with van der Waals surface area (Å²) < 4.78 is 28.7. The summed E-state index contributed by atoms with van der Waals surface area (Å²) in [6.07, 6.45) is 0.800. The fourth-order valence-electron chi connectivity index (χ4n) is 1.38. The molecule has 1 N–H and O–H groups in total. The highest BCUT2D eigenvalue weighted by Gasteiger charge is 2.34. The predicted molar refractivity (Wildman–Crippen MR) is 69.0 cm³/mol. The molecule has 1 aliphatic rings. The fraction of sp³-hybridized carbons (Fsp3) is 0.0909. The summed E-state index contributed by atoms with van der Waals surface area (Å²) in [5.41, 5.74) is 0. The number of benzene rings is 1. The van der Waals surface area contributed by atoms with Gasteiger partial charge in [0.25, 0.3) is 0 Å². The van der Waals surface area contributed by atoms with Gasteiger partial charge in [0.15, 0.2) is 9.95 Å². The largest absolute Gasteiger partial charge is 0.486 e. The average Bonchev–Trinajstić information content (AvgIpc) is 2.62. The minimum absolute atomic E-state index is 0.343. The normalized spacial score (nSPS) is 16.7. The van der Waals surface area contributed by atoms with Crippen molar-refractivity contribution in [2.75, 3.05) is 6.61 Å². The zero-order valence-corrected chi connectivity index (χ0v) is 11.0. The van der Waals surface area contributed by atoms with E-state index in [1.165, 1.54) is 6.07 Å². The van der Waals surface area contributed by atoms with Gasteiger partial charge in [-0.2, -0.15) is 0 Å². The SMILES string of the molecule is O=C(O)C1=CN=C(COc2cccc(Cl)c2)S1(=O)=O. The van der Waals surface area contributed by atoms with Gasteiger partial charge in [0.1, 0.15) is 12.4 Å². The molecule has 0 spiro atoms. The molecule has 2 rings (SSSR count). The lowest BCUT2D eigenvalue weighted by atomic mass is 10.3. The molecule has 0 bridgehead atoms. The highest BCUT2D eigenvalue weighted by molar-refractivity contribution is 8.10. The number of halogens is 1. The fourth-order valence-corrected chi connectivity index (χ4v) is 2.64. The third-order valence-corrected chi connectivity index (χ3v) is 4.23. The van der Waals surface area contributed by atoms with Crippen molar-refractivity contribution in [1.29, 1.82) is 0 Å². The van der Waals surface area contributed by atoms with Gasteiger partial charge in [0.05, 0.1) is 6.20 Å². The molecule has 0 saturated carbocycles. The molecule has 0 amide bonds. The quantitative estimate of drug-likeness (QED) is 0.909. The van der Waals surface area contributed by atoms with E-state index in [9.17, 15) is 13.2 Å². The summed E-state index contributed by atoms with van der Waals surface area (Å²) >= 11 is 5.74. The maximum absolute atomic E-state index is 11.7. The van der Waals surface area contributed by atoms with E-state index in [1.54, 1.807) is 18.2 Å². The maximum Gasteiger partial charge on any atom is 0.349 e. The van der Waals surface area contributed by atoms with E-state index >= 15 is 0 Å². The Labute approximate surface area is 113 Å². The lowest BCUT2D eigenvalue weighted by Gasteiger charge is -2.06. The van der Waals surface area contributed by atoms with Crippen molar-refractivity contribution in [2.24, 2.45) is 4.99 Å². The number of ether oxygens (including phenoxy) is 1. The second kappa shape index (κ2) is 5.02. The van der Waals surface area contributed by atoms with Crippen LogP contribution in [0, 0.1) is 0 Å². The Hall–Kier alpha value is -1.86. The summed E-state index contributed by atoms with van der Waals surface area (Å²) in [5, 5.41) is 8.81. The smallest absolute Gasteiger partial charge is 0.349 e. The van der Waals surface area contributed by atoms with Crippen molar-refractivity contribution in [1.82, 2.24) is 0 Å². The first-order valence-corrected chi connectivity index (χ1v) is 6.91. The van der Waals surface area contributed by atoms with E-state index in [0.29, 0.717) is 10.8 Å². The molecular weight excluding hydrogens is 294 g/mol. The van der Waals surface area contributed by atoms with Crippen LogP contribution in [0.5, 0.6) is 5.75 Å². The molecular formula is C11H8ClNO5S. The van der Waals surface area contributed by atoms with Crippen LogP contribution in [-0.2, 0) is 14.6 Å². The third-order valence-electron chi connectivity index (χ3n) is 2.29. The number of carboxylic acids is 1. The van der Waals surface area contributed by atoms with Crippen LogP contribution in [0.3, 0.4) is 0 Å². The second-order valence-corrected chi connectivity index (χ2v) is 5.93. The number of carboxylic acid groups (broad SMARTS) is 1. The molecule has 19 heavy (non-hydrogen) atoms. The summed E-state index contributed by atoms with van der Waals surface area (Å²) in [6.45, 7) is -0.351. The summed E-state index contributed by atoms with van der Waals surface area (Å²) in [4.78, 5) is 13.5. The van der Waals surface area contributed by atoms with Crippen molar-refractivity contribution in [3.05, 3.63) is 40.4 Å². The van der Waals surface area contributed by atoms with Crippen LogP contribution in [0.2, 0.25) is 5.02 Å². The van der Waals surface area contributed by atoms with Gasteiger partial charge in [-0.1, -0.05) is 17.7 Å². The highest BCUT2D eigenvalue weighted by atomic mass is 35.5. The van der Waals surface area contributed by atoms with E-state index in [2.05, 4.69) is 4.99 Å². The zero-order valence-electron chi connectivity index (χ0n) is 9.41. The molecule has 0 atom stereocenters. The van der Waals surface area contributed by atoms with Crippen LogP contribution in [0.25, 0.3) is 0 Å². The van der Waals surface area contributed by atoms with Gasteiger partial charge < -0.3 is 9.84 Å². The molecule has 1 heterocycles. The molecule has 1 aromatic carbocycles. The van der Waals surface area contributed by atoms with E-state index in [-0.39, 0.29) is 11.7 Å². The Morgan fingerprint density at radius 2 is 2.16 bits per heavy atom. The van der Waals surface area contributed by atoms with Gasteiger partial charge in [-0.15, -0.1) is 0 Å². The van der Waals surface area contributed by atoms with Crippen molar-refractivity contribution in [3.63, 3.8) is 0 Å². The van der Waals surface area contributed by atoms with Crippen LogP contribution in [0.4, 0.5) is 0 Å². The molecule has 0 fully saturated rings. The van der Waals surface area contributed by atoms with Crippen molar-refractivity contribution >= 4 is 32.5 Å². The van der Waals surface area contributed by atoms with E-state index in [4.69, 9.17) is 21.4 Å². The van der Waals surface area contributed by atoms with E-state index in [1.807, 2.05) is 0 Å². The number of sulfone groups is 1. The molecule has 100 valence electrons. The Morgan fingerprint density at radius 3 is 2.74 bits per heavy atom. The van der Waals surface area contributed by atoms with Crippen LogP contribution in [0.1, 0.15) is 0 Å². The topological polar surface area (TPSA) is 93.0 Å². The highest BCUT2D eigenvalue weighted by Crippen LogP contribution is 2.20. The lowest BCUT2D eigenvalue weighted by Crippen LogP contribution is -2.23. The van der Waals surface area contributed by atoms with Crippen molar-refractivity contribution in [2.45, 2.75) is 0 Å². The number of hydrogen-bond acceptors (Lipinski definition) is 5. The van der Waals surface area contributed by atoms with Gasteiger partial charge in [-0.05, 0) is 18.2 Å². The maximum atomic E-state index is 11.7. The third kappa shape index (κ3) is 2.77. The predicted octanol–water partition coefficient (Wildman–Crippen LogP) is 1.47. The zero-order chi connectivity index (χ0) is 14.0. The van der Waals surface area contributed by atoms with Crippen molar-refractivity contribution in [3.8, 4) is 5.75 Å². The van der Waals surface area contributed by atoms with Gasteiger partial charge in [0, 0.05) is 5.02 Å². The minimum atomic E-state index is -4.05. The van der Waals surface area contributed by atoms with Gasteiger partial charge in [-0.3, -0.25) is 0 Å². The van der Waals surface area contributed by atoms with Gasteiger partial charge in [0.2, 0.25) is 9.84 Å². The first-order chi connectivity index (χ1) is 8.91. The van der Waals surface area contributed by atoms with E-state index in [0.717, 1.165) is 6.20 Å². The number of nitrogens with zero attached hydrogens (tertiary/aromatic N) is 1. The summed E-state index contributed by atoms with van der Waals surface area (Å²) in [6, 6.07) is 6.39. The van der Waals surface area contributed by atoms with E-state index < -0.39 is 20.7 Å². The number of carbonyl (C=O) groups is 1. The molecule has 0 aromatic heterocycles. The van der Waals surface area contributed by atoms with Gasteiger partial charge >= 0.3 is 5.97 Å². The van der Waals surface area contributed by atoms with Gasteiger partial charge in [-0.25, -0.2) is 18.2 Å². The Morgan fingerprint density at radius 1 is 1.42 bits per heavy atom. The Balaban J connectivity index is 2.09. The number of aliphatic carboxylic acids is 1. The summed E-state index contributed by atoms with van der Waals surface area (Å²) in [5.74, 6) is -1.17. The average molecular weight is 302 g/mol. The Bertz CT molecular complexity index is 693. The standard InChI is InChI=1S/C11H8ClNO5S/c12-7-2-1-3-8(4-7)18-6-10-13-5-9(11(14)15)19(10,16)17/h1-5H,6H2,(H,14,15). The molecule has 0 unspecified atom stereocenters. The number of rotatable bonds is 4. The van der Waals surface area contributed by atoms with Crippen LogP contribution in [0.15, 0.2) is 40.4 Å². The van der Waals surface area contributed by atoms with Crippen molar-refractivity contribution < 1.29 is 23.1 Å². The molecule has 1 aromatic rings. The monoisotopic (exact) mass is 301 g/mol. The number of aliphatic imine (C=N–C) groups is 1. The lowest BCUT2D eigenvalue weighted by molar-refractivity contribution is -0.131. The van der Waals surface area contributed by atoms with Crippen LogP contribution in [-0.4, -0.2) is 31.1 Å². The van der Waals surface area contributed by atoms with Crippen LogP contribution >= 0.6 is 11.6 Å². The molecule has 0 radical (unpaired) electrons. The first-order valence-electron chi connectivity index (χ1n) is 5.05. The Kier molecular flexibility index (Phi) is 3.59. The summed E-state index contributed by atoms with van der Waals surface area (Å²) in [7, 11) is -4.05. The molecule has 0 aliphatic carbocycles. The second-order valence-electron chi connectivity index (χ2n) is 3.57. The van der Waals surface area contributed by atoms with Crippen LogP contribution < -0.4 is 4.74 Å². The molecule has 0 saturated heterocycles. The molecule has 6 nitrogen and oxygen atoms in total. The molecule has 1 aliphatic heterocycles.